The number of nitrogens with two attached hydrogens (primary N) is 1. The van der Waals surface area contributed by atoms with Crippen LogP contribution in [-0.2, 0) is 11.8 Å². The predicted octanol–water partition coefficient (Wildman–Crippen LogP) is 4.04. The molecule has 0 aliphatic heterocycles. The van der Waals surface area contributed by atoms with E-state index in [1.165, 1.54) is 11.1 Å². The maximum absolute atomic E-state index is 5.98. The van der Waals surface area contributed by atoms with Crippen molar-refractivity contribution >= 4 is 15.9 Å². The molecule has 0 bridgehead atoms. The minimum absolute atomic E-state index is 0.0230. The van der Waals surface area contributed by atoms with Crippen LogP contribution in [0.3, 0.4) is 0 Å². The number of halogens is 1. The Hall–Kier alpha value is -0.540. The van der Waals surface area contributed by atoms with Crippen molar-refractivity contribution in [3.05, 3.63) is 27.7 Å². The van der Waals surface area contributed by atoms with Crippen LogP contribution in [0.15, 0.2) is 16.6 Å². The maximum atomic E-state index is 5.98. The normalized spacial score (nSPS) is 13.5. The van der Waals surface area contributed by atoms with E-state index < -0.39 is 0 Å². The molecule has 1 unspecified atom stereocenters. The number of ether oxygens (including phenoxy) is 1. The van der Waals surface area contributed by atoms with Crippen molar-refractivity contribution in [2.24, 2.45) is 5.73 Å². The smallest absolute Gasteiger partial charge is 0.137 e. The lowest BCUT2D eigenvalue weighted by atomic mass is 9.85. The molecule has 0 aliphatic carbocycles. The topological polar surface area (TPSA) is 35.2 Å². The molecule has 0 saturated carbocycles. The van der Waals surface area contributed by atoms with E-state index in [1.807, 2.05) is 6.92 Å². The first-order chi connectivity index (χ1) is 8.29. The molecular weight excluding hydrogens is 290 g/mol. The second-order valence-corrected chi connectivity index (χ2v) is 6.58. The highest BCUT2D eigenvalue weighted by Gasteiger charge is 2.22. The molecule has 0 aromatic heterocycles. The fraction of sp³-hybridized carbons (Fsp3) is 0.600. The highest BCUT2D eigenvalue weighted by molar-refractivity contribution is 9.10. The van der Waals surface area contributed by atoms with E-state index >= 15 is 0 Å². The highest BCUT2D eigenvalue weighted by Crippen LogP contribution is 2.38. The lowest BCUT2D eigenvalue weighted by molar-refractivity contribution is 0.223. The van der Waals surface area contributed by atoms with Gasteiger partial charge in [-0.25, -0.2) is 0 Å². The summed E-state index contributed by atoms with van der Waals surface area (Å²) in [6.07, 6.45) is 1.05. The molecule has 3 heteroatoms. The Kier molecular flexibility index (Phi) is 5.23. The molecule has 0 aliphatic rings. The molecule has 0 fully saturated rings. The molecule has 18 heavy (non-hydrogen) atoms. The Morgan fingerprint density at radius 2 is 1.94 bits per heavy atom. The molecule has 2 nitrogen and oxygen atoms in total. The molecule has 0 radical (unpaired) electrons. The third kappa shape index (κ3) is 3.72. The minimum atomic E-state index is 0.0230. The van der Waals surface area contributed by atoms with Crippen LogP contribution in [0.5, 0.6) is 5.75 Å². The van der Waals surface area contributed by atoms with Gasteiger partial charge in [0.15, 0.2) is 0 Å². The van der Waals surface area contributed by atoms with Gasteiger partial charge in [-0.15, -0.1) is 0 Å². The van der Waals surface area contributed by atoms with Crippen molar-refractivity contribution in [1.82, 2.24) is 0 Å². The maximum Gasteiger partial charge on any atom is 0.137 e. The number of benzene rings is 1. The molecule has 0 spiro atoms. The summed E-state index contributed by atoms with van der Waals surface area (Å²) in [5.74, 6) is 0.928. The molecule has 1 rings (SSSR count). The van der Waals surface area contributed by atoms with E-state index in [2.05, 4.69) is 55.8 Å². The lowest BCUT2D eigenvalue weighted by Gasteiger charge is -2.26. The van der Waals surface area contributed by atoms with Crippen LogP contribution in [0.4, 0.5) is 0 Å². The minimum Gasteiger partial charge on any atom is -0.488 e. The van der Waals surface area contributed by atoms with Crippen LogP contribution < -0.4 is 10.5 Å². The Morgan fingerprint density at radius 1 is 1.33 bits per heavy atom. The SMILES string of the molecule is CCc1cc(Br)c(OC(C)CN)c(C(C)(C)C)c1. The first-order valence-electron chi connectivity index (χ1n) is 6.49. The van der Waals surface area contributed by atoms with E-state index in [1.54, 1.807) is 0 Å². The van der Waals surface area contributed by atoms with Crippen molar-refractivity contribution in [2.45, 2.75) is 52.6 Å². The summed E-state index contributed by atoms with van der Waals surface area (Å²) in [6.45, 7) is 11.3. The molecule has 1 aromatic carbocycles. The summed E-state index contributed by atoms with van der Waals surface area (Å²) < 4.78 is 7.00. The first-order valence-corrected chi connectivity index (χ1v) is 7.28. The van der Waals surface area contributed by atoms with Gasteiger partial charge in [-0.05, 0) is 46.3 Å². The van der Waals surface area contributed by atoms with Crippen molar-refractivity contribution in [1.29, 1.82) is 0 Å². The second kappa shape index (κ2) is 6.07. The van der Waals surface area contributed by atoms with E-state index in [0.29, 0.717) is 6.54 Å². The van der Waals surface area contributed by atoms with Gasteiger partial charge in [-0.3, -0.25) is 0 Å². The highest BCUT2D eigenvalue weighted by atomic mass is 79.9. The summed E-state index contributed by atoms with van der Waals surface area (Å²) in [6, 6.07) is 4.37. The molecular formula is C15H24BrNO. The van der Waals surface area contributed by atoms with Crippen LogP contribution >= 0.6 is 15.9 Å². The average molecular weight is 314 g/mol. The zero-order chi connectivity index (χ0) is 13.9. The van der Waals surface area contributed by atoms with E-state index in [0.717, 1.165) is 16.6 Å². The number of aryl methyl sites for hydroxylation is 1. The standard InChI is InChI=1S/C15H24BrNO/c1-6-11-7-12(15(3,4)5)14(13(16)8-11)18-10(2)9-17/h7-8,10H,6,9,17H2,1-5H3. The number of hydrogen-bond donors (Lipinski definition) is 1. The van der Waals surface area contributed by atoms with Crippen LogP contribution in [0.2, 0.25) is 0 Å². The zero-order valence-electron chi connectivity index (χ0n) is 12.0. The zero-order valence-corrected chi connectivity index (χ0v) is 13.6. The van der Waals surface area contributed by atoms with Gasteiger partial charge in [-0.1, -0.05) is 33.8 Å². The monoisotopic (exact) mass is 313 g/mol. The fourth-order valence-corrected chi connectivity index (χ4v) is 2.38. The summed E-state index contributed by atoms with van der Waals surface area (Å²) >= 11 is 3.62. The summed E-state index contributed by atoms with van der Waals surface area (Å²) in [5, 5.41) is 0. The summed E-state index contributed by atoms with van der Waals surface area (Å²) in [4.78, 5) is 0. The van der Waals surface area contributed by atoms with Gasteiger partial charge in [0.05, 0.1) is 4.47 Å². The van der Waals surface area contributed by atoms with Gasteiger partial charge >= 0.3 is 0 Å². The van der Waals surface area contributed by atoms with E-state index in [9.17, 15) is 0 Å². The molecule has 102 valence electrons. The molecule has 0 saturated heterocycles. The van der Waals surface area contributed by atoms with E-state index in [4.69, 9.17) is 10.5 Å². The fourth-order valence-electron chi connectivity index (χ4n) is 1.78. The van der Waals surface area contributed by atoms with Gasteiger partial charge in [0.1, 0.15) is 11.9 Å². The van der Waals surface area contributed by atoms with Gasteiger partial charge in [0, 0.05) is 12.1 Å². The quantitative estimate of drug-likeness (QED) is 0.910. The van der Waals surface area contributed by atoms with Crippen LogP contribution in [0, 0.1) is 0 Å². The van der Waals surface area contributed by atoms with Crippen molar-refractivity contribution in [2.75, 3.05) is 6.54 Å². The van der Waals surface area contributed by atoms with Crippen molar-refractivity contribution < 1.29 is 4.74 Å². The lowest BCUT2D eigenvalue weighted by Crippen LogP contribution is -2.25. The third-order valence-electron chi connectivity index (χ3n) is 2.97. The molecule has 0 amide bonds. The average Bonchev–Trinajstić information content (AvgIpc) is 2.29. The Bertz CT molecular complexity index is 410. The molecule has 1 atom stereocenters. The molecule has 2 N–H and O–H groups in total. The van der Waals surface area contributed by atoms with Crippen LogP contribution in [0.1, 0.15) is 45.7 Å². The Morgan fingerprint density at radius 3 is 2.39 bits per heavy atom. The van der Waals surface area contributed by atoms with Gasteiger partial charge in [0.2, 0.25) is 0 Å². The first kappa shape index (κ1) is 15.5. The van der Waals surface area contributed by atoms with Gasteiger partial charge in [-0.2, -0.15) is 0 Å². The van der Waals surface area contributed by atoms with Crippen LogP contribution in [0.25, 0.3) is 0 Å². The Balaban J connectivity index is 3.29. The Labute approximate surface area is 119 Å². The second-order valence-electron chi connectivity index (χ2n) is 5.72. The van der Waals surface area contributed by atoms with Gasteiger partial charge < -0.3 is 10.5 Å². The van der Waals surface area contributed by atoms with Crippen LogP contribution in [-0.4, -0.2) is 12.6 Å². The molecule has 1 aromatic rings. The predicted molar refractivity (Wildman–Crippen MR) is 81.4 cm³/mol. The number of rotatable bonds is 4. The van der Waals surface area contributed by atoms with E-state index in [-0.39, 0.29) is 11.5 Å². The molecule has 0 heterocycles. The number of hydrogen-bond acceptors (Lipinski definition) is 2. The largest absolute Gasteiger partial charge is 0.488 e. The van der Waals surface area contributed by atoms with Gasteiger partial charge in [0.25, 0.3) is 0 Å². The third-order valence-corrected chi connectivity index (χ3v) is 3.56. The summed E-state index contributed by atoms with van der Waals surface area (Å²) in [5.41, 5.74) is 8.25. The summed E-state index contributed by atoms with van der Waals surface area (Å²) in [7, 11) is 0. The van der Waals surface area contributed by atoms with Crippen molar-refractivity contribution in [3.8, 4) is 5.75 Å². The van der Waals surface area contributed by atoms with Crippen molar-refractivity contribution in [3.63, 3.8) is 0 Å².